The zero-order valence-corrected chi connectivity index (χ0v) is 23.6. The van der Waals surface area contributed by atoms with Crippen LogP contribution in [0.15, 0.2) is 36.4 Å². The van der Waals surface area contributed by atoms with Gasteiger partial charge in [-0.05, 0) is 74.5 Å². The molecule has 2 aliphatic heterocycles. The number of nitrogens with zero attached hydrogens (tertiary/aromatic N) is 3. The van der Waals surface area contributed by atoms with Gasteiger partial charge in [-0.3, -0.25) is 4.79 Å². The maximum Gasteiger partial charge on any atom is 0.407 e. The maximum absolute atomic E-state index is 13.4. The minimum absolute atomic E-state index is 0.0833. The number of nitrogens with one attached hydrogen (secondary N) is 4. The summed E-state index contributed by atoms with van der Waals surface area (Å²) in [5.74, 6) is 8.08. The molecule has 6 rings (SSSR count). The number of hydrogen-bond acceptors (Lipinski definition) is 6. The van der Waals surface area contributed by atoms with Crippen molar-refractivity contribution in [1.29, 1.82) is 0 Å². The Hall–Kier alpha value is -4.36. The third kappa shape index (κ3) is 5.50. The highest BCUT2D eigenvalue weighted by atomic mass is 16.5. The Morgan fingerprint density at radius 3 is 2.24 bits per heavy atom. The van der Waals surface area contributed by atoms with E-state index in [0.717, 1.165) is 70.6 Å². The van der Waals surface area contributed by atoms with Crippen molar-refractivity contribution in [3.63, 3.8) is 0 Å². The first-order valence-corrected chi connectivity index (χ1v) is 14.3. The van der Waals surface area contributed by atoms with Gasteiger partial charge in [0.15, 0.2) is 0 Å². The van der Waals surface area contributed by atoms with Crippen molar-refractivity contribution in [2.24, 2.45) is 5.92 Å². The largest absolute Gasteiger partial charge is 0.453 e. The highest BCUT2D eigenvalue weighted by Gasteiger charge is 2.37. The monoisotopic (exact) mass is 553 g/mol. The number of benzene rings is 2. The summed E-state index contributed by atoms with van der Waals surface area (Å²) in [5, 5.41) is 6.18. The third-order valence-electron chi connectivity index (χ3n) is 7.98. The molecule has 2 fully saturated rings. The number of amides is 2. The van der Waals surface area contributed by atoms with E-state index in [9.17, 15) is 9.59 Å². The van der Waals surface area contributed by atoms with E-state index in [0.29, 0.717) is 12.6 Å². The summed E-state index contributed by atoms with van der Waals surface area (Å²) in [4.78, 5) is 43.6. The molecule has 41 heavy (non-hydrogen) atoms. The lowest BCUT2D eigenvalue weighted by atomic mass is 10.0. The molecule has 2 amide bonds. The van der Waals surface area contributed by atoms with E-state index in [1.54, 1.807) is 0 Å². The molecule has 10 heteroatoms. The number of likely N-dealkylation sites (tertiary alicyclic amines) is 1. The number of hydrogen-bond donors (Lipinski definition) is 4. The Kier molecular flexibility index (Phi) is 7.37. The summed E-state index contributed by atoms with van der Waals surface area (Å²) in [6, 6.07) is 11.4. The number of carbonyl (C=O) groups excluding carboxylic acids is 2. The number of aromatic nitrogens is 4. The number of fused-ring (bicyclic) bond motifs is 2. The lowest BCUT2D eigenvalue weighted by Crippen LogP contribution is -2.51. The lowest BCUT2D eigenvalue weighted by Gasteiger charge is -2.29. The number of carbonyl (C=O) groups is 2. The number of alkyl carbamates (subject to hydrolysis) is 1. The van der Waals surface area contributed by atoms with Gasteiger partial charge in [0.25, 0.3) is 0 Å². The molecular weight excluding hydrogens is 518 g/mol. The van der Waals surface area contributed by atoms with E-state index in [1.165, 1.54) is 13.5 Å². The quantitative estimate of drug-likeness (QED) is 0.273. The van der Waals surface area contributed by atoms with Crippen LogP contribution in [0.4, 0.5) is 4.79 Å². The predicted octanol–water partition coefficient (Wildman–Crippen LogP) is 4.31. The summed E-state index contributed by atoms with van der Waals surface area (Å²) in [5.41, 5.74) is 5.42. The molecule has 0 aliphatic carbocycles. The standard InChI is InChI=1S/C31H35N7O3/c1-18(2)27(37-31(40)41-3)30(39)38-15-5-7-26(38)29-34-22-13-11-20(17-25(22)36-29)9-8-19-10-12-21-24(16-19)35-28(33-21)23-6-4-14-32-23/h10-13,16-18,23,26-27,32H,4-7,14-15H2,1-3H3,(H,33,35)(H,34,36)(H,37,40)/t23?,26-,27-/m0/s1. The first-order chi connectivity index (χ1) is 19.9. The summed E-state index contributed by atoms with van der Waals surface area (Å²) in [6.07, 6.45) is 3.33. The topological polar surface area (TPSA) is 128 Å². The van der Waals surface area contributed by atoms with E-state index in [2.05, 4.69) is 32.4 Å². The Morgan fingerprint density at radius 2 is 1.63 bits per heavy atom. The predicted molar refractivity (Wildman–Crippen MR) is 156 cm³/mol. The Morgan fingerprint density at radius 1 is 0.976 bits per heavy atom. The highest BCUT2D eigenvalue weighted by molar-refractivity contribution is 5.86. The molecular formula is C31H35N7O3. The van der Waals surface area contributed by atoms with Crippen LogP contribution in [0.5, 0.6) is 0 Å². The molecule has 212 valence electrons. The van der Waals surface area contributed by atoms with Gasteiger partial charge in [-0.1, -0.05) is 25.7 Å². The first-order valence-electron chi connectivity index (χ1n) is 14.3. The van der Waals surface area contributed by atoms with Crippen molar-refractivity contribution >= 4 is 34.1 Å². The smallest absolute Gasteiger partial charge is 0.407 e. The first kappa shape index (κ1) is 26.8. The summed E-state index contributed by atoms with van der Waals surface area (Å²) in [7, 11) is 1.30. The van der Waals surface area contributed by atoms with E-state index in [1.807, 2.05) is 55.1 Å². The molecule has 0 radical (unpaired) electrons. The fourth-order valence-electron chi connectivity index (χ4n) is 5.79. The zero-order chi connectivity index (χ0) is 28.5. The van der Waals surface area contributed by atoms with E-state index >= 15 is 0 Å². The Balaban J connectivity index is 1.20. The van der Waals surface area contributed by atoms with Crippen LogP contribution < -0.4 is 10.6 Å². The molecule has 0 spiro atoms. The van der Waals surface area contributed by atoms with Crippen LogP contribution in [0.3, 0.4) is 0 Å². The average molecular weight is 554 g/mol. The molecule has 2 aliphatic rings. The molecule has 0 saturated carbocycles. The van der Waals surface area contributed by atoms with Crippen molar-refractivity contribution in [3.8, 4) is 11.8 Å². The Labute approximate surface area is 238 Å². The van der Waals surface area contributed by atoms with Crippen molar-refractivity contribution in [2.75, 3.05) is 20.2 Å². The van der Waals surface area contributed by atoms with Gasteiger partial charge in [-0.25, -0.2) is 14.8 Å². The second-order valence-electron chi connectivity index (χ2n) is 11.2. The molecule has 4 N–H and O–H groups in total. The summed E-state index contributed by atoms with van der Waals surface area (Å²) in [6.45, 7) is 5.46. The van der Waals surface area contributed by atoms with Crippen molar-refractivity contribution in [2.45, 2.75) is 57.7 Å². The van der Waals surface area contributed by atoms with Crippen LogP contribution in [-0.4, -0.2) is 63.1 Å². The van der Waals surface area contributed by atoms with Crippen LogP contribution >= 0.6 is 0 Å². The van der Waals surface area contributed by atoms with Crippen molar-refractivity contribution < 1.29 is 14.3 Å². The van der Waals surface area contributed by atoms with E-state index < -0.39 is 12.1 Å². The second-order valence-corrected chi connectivity index (χ2v) is 11.2. The molecule has 2 aromatic heterocycles. The Bertz CT molecular complexity index is 1650. The maximum atomic E-state index is 13.4. The van der Waals surface area contributed by atoms with Crippen LogP contribution in [-0.2, 0) is 9.53 Å². The molecule has 1 unspecified atom stereocenters. The van der Waals surface area contributed by atoms with Crippen LogP contribution in [0.25, 0.3) is 22.1 Å². The van der Waals surface area contributed by atoms with Crippen LogP contribution in [0.2, 0.25) is 0 Å². The normalized spacial score (nSPS) is 19.5. The van der Waals surface area contributed by atoms with Crippen LogP contribution in [0, 0.1) is 17.8 Å². The van der Waals surface area contributed by atoms with E-state index in [-0.39, 0.29) is 17.9 Å². The SMILES string of the molecule is COC(=O)N[C@H](C(=O)N1CCC[C@H]1c1nc2ccc(C#Cc3ccc4nc(C5CCCN5)[nH]c4c3)cc2[nH]1)C(C)C. The number of rotatable bonds is 5. The van der Waals surface area contributed by atoms with Crippen molar-refractivity contribution in [3.05, 3.63) is 59.2 Å². The molecule has 4 aromatic rings. The van der Waals surface area contributed by atoms with Gasteiger partial charge in [0.2, 0.25) is 5.91 Å². The van der Waals surface area contributed by atoms with Gasteiger partial charge >= 0.3 is 6.09 Å². The van der Waals surface area contributed by atoms with Gasteiger partial charge in [-0.15, -0.1) is 0 Å². The number of imidazole rings is 2. The minimum atomic E-state index is -0.666. The molecule has 4 heterocycles. The number of ether oxygens (including phenoxy) is 1. The summed E-state index contributed by atoms with van der Waals surface area (Å²) < 4.78 is 4.74. The fraction of sp³-hybridized carbons (Fsp3) is 0.419. The van der Waals surface area contributed by atoms with Gasteiger partial charge in [0, 0.05) is 17.7 Å². The van der Waals surface area contributed by atoms with Gasteiger partial charge in [0.1, 0.15) is 17.7 Å². The van der Waals surface area contributed by atoms with Crippen LogP contribution in [0.1, 0.15) is 74.4 Å². The third-order valence-corrected chi connectivity index (χ3v) is 7.98. The number of aromatic amines is 2. The zero-order valence-electron chi connectivity index (χ0n) is 23.6. The molecule has 2 aromatic carbocycles. The molecule has 0 bridgehead atoms. The number of H-pyrrole nitrogens is 2. The molecule has 10 nitrogen and oxygen atoms in total. The average Bonchev–Trinajstić information content (AvgIpc) is 3.78. The van der Waals surface area contributed by atoms with Gasteiger partial charge < -0.3 is 30.2 Å². The highest BCUT2D eigenvalue weighted by Crippen LogP contribution is 2.33. The minimum Gasteiger partial charge on any atom is -0.453 e. The molecule has 2 saturated heterocycles. The molecule has 3 atom stereocenters. The number of methoxy groups -OCH3 is 1. The second kappa shape index (κ2) is 11.3. The lowest BCUT2D eigenvalue weighted by molar-refractivity contribution is -0.135. The van der Waals surface area contributed by atoms with Gasteiger partial charge in [0.05, 0.1) is 41.3 Å². The van der Waals surface area contributed by atoms with Gasteiger partial charge in [-0.2, -0.15) is 0 Å². The van der Waals surface area contributed by atoms with Crippen molar-refractivity contribution in [1.82, 2.24) is 35.5 Å². The van der Waals surface area contributed by atoms with E-state index in [4.69, 9.17) is 14.7 Å². The fourth-order valence-corrected chi connectivity index (χ4v) is 5.79. The summed E-state index contributed by atoms with van der Waals surface area (Å²) >= 11 is 0.